The number of rotatable bonds is 5. The van der Waals surface area contributed by atoms with Crippen LogP contribution in [-0.2, 0) is 5.41 Å². The Morgan fingerprint density at radius 2 is 0.792 bits per heavy atom. The van der Waals surface area contributed by atoms with Crippen LogP contribution in [0.5, 0.6) is 0 Å². The molecule has 0 nitrogen and oxygen atoms in total. The molecule has 0 spiro atoms. The lowest BCUT2D eigenvalue weighted by molar-refractivity contribution is 0.660. The molecule has 10 rings (SSSR count). The molecular weight excluding hydrogens is 637 g/mol. The van der Waals surface area contributed by atoms with Gasteiger partial charge in [0.25, 0.3) is 0 Å². The molecule has 0 atom stereocenters. The van der Waals surface area contributed by atoms with E-state index in [-0.39, 0.29) is 5.41 Å². The topological polar surface area (TPSA) is 0 Å². The third-order valence-electron chi connectivity index (χ3n) is 11.5. The largest absolute Gasteiger partial charge is 0.0619 e. The van der Waals surface area contributed by atoms with Crippen molar-refractivity contribution in [3.8, 4) is 44.5 Å². The maximum Gasteiger partial charge on any atom is 0.0159 e. The zero-order valence-corrected chi connectivity index (χ0v) is 30.0. The quantitative estimate of drug-likeness (QED) is 0.126. The van der Waals surface area contributed by atoms with Gasteiger partial charge in [0.2, 0.25) is 0 Å². The average molecular weight is 675 g/mol. The first kappa shape index (κ1) is 31.3. The maximum atomic E-state index is 2.46. The van der Waals surface area contributed by atoms with Crippen molar-refractivity contribution in [2.45, 2.75) is 19.3 Å². The van der Waals surface area contributed by atoms with Crippen molar-refractivity contribution in [1.29, 1.82) is 0 Å². The van der Waals surface area contributed by atoms with Crippen molar-refractivity contribution in [3.05, 3.63) is 204 Å². The highest BCUT2D eigenvalue weighted by Gasteiger charge is 2.35. The van der Waals surface area contributed by atoms with Gasteiger partial charge in [0.05, 0.1) is 0 Å². The van der Waals surface area contributed by atoms with Crippen molar-refractivity contribution >= 4 is 44.5 Å². The molecular formula is C53H38. The van der Waals surface area contributed by atoms with Gasteiger partial charge in [0.1, 0.15) is 0 Å². The first-order valence-corrected chi connectivity index (χ1v) is 18.6. The summed E-state index contributed by atoms with van der Waals surface area (Å²) in [4.78, 5) is 0. The molecule has 1 aliphatic carbocycles. The standard InChI is InChI=1S/C53H38/c1-53(2)49-21-10-9-15-43(49)44-33-32-40(34-50(44)53)52-47-18-7-5-16-45(47)51(46-17-6-8-19-48(46)52)39-30-26-36(27-31-39)23-22-35-24-28-38(29-25-35)42-20-11-13-37-12-3-4-14-41(37)42/h3-34H,1-2H3/b23-22+. The first-order chi connectivity index (χ1) is 26.0. The second-order valence-electron chi connectivity index (χ2n) is 14.9. The Labute approximate surface area is 311 Å². The molecule has 0 aromatic heterocycles. The Bertz CT molecular complexity index is 2820. The highest BCUT2D eigenvalue weighted by atomic mass is 14.4. The van der Waals surface area contributed by atoms with Gasteiger partial charge in [0, 0.05) is 5.41 Å². The average Bonchev–Trinajstić information content (AvgIpc) is 3.44. The summed E-state index contributed by atoms with van der Waals surface area (Å²) in [6.07, 6.45) is 4.42. The Morgan fingerprint density at radius 1 is 0.340 bits per heavy atom. The van der Waals surface area contributed by atoms with Crippen LogP contribution in [0.25, 0.3) is 89.0 Å². The van der Waals surface area contributed by atoms with E-state index in [9.17, 15) is 0 Å². The molecule has 0 N–H and O–H groups in total. The highest BCUT2D eigenvalue weighted by molar-refractivity contribution is 6.21. The van der Waals surface area contributed by atoms with E-state index < -0.39 is 0 Å². The van der Waals surface area contributed by atoms with E-state index in [2.05, 4.69) is 208 Å². The number of hydrogen-bond donors (Lipinski definition) is 0. The molecule has 0 fully saturated rings. The van der Waals surface area contributed by atoms with Crippen LogP contribution in [0.3, 0.4) is 0 Å². The van der Waals surface area contributed by atoms with E-state index in [1.165, 1.54) is 99.1 Å². The van der Waals surface area contributed by atoms with E-state index in [4.69, 9.17) is 0 Å². The van der Waals surface area contributed by atoms with Crippen LogP contribution >= 0.6 is 0 Å². The summed E-state index contributed by atoms with van der Waals surface area (Å²) in [5.74, 6) is 0. The SMILES string of the molecule is CC1(C)c2ccccc2-c2ccc(-c3c4ccccc4c(-c4ccc(/C=C/c5ccc(-c6cccc7ccccc67)cc5)cc4)c4ccccc34)cc21. The summed E-state index contributed by atoms with van der Waals surface area (Å²) in [6, 6.07) is 67.0. The second-order valence-corrected chi connectivity index (χ2v) is 14.9. The van der Waals surface area contributed by atoms with Gasteiger partial charge in [-0.2, -0.15) is 0 Å². The molecule has 0 heterocycles. The van der Waals surface area contributed by atoms with Crippen molar-refractivity contribution in [2.75, 3.05) is 0 Å². The molecule has 0 saturated heterocycles. The summed E-state index contributed by atoms with van der Waals surface area (Å²) in [7, 11) is 0. The van der Waals surface area contributed by atoms with Crippen LogP contribution in [0.4, 0.5) is 0 Å². The van der Waals surface area contributed by atoms with Gasteiger partial charge in [-0.1, -0.05) is 202 Å². The van der Waals surface area contributed by atoms with Crippen molar-refractivity contribution in [2.24, 2.45) is 0 Å². The van der Waals surface area contributed by atoms with Crippen molar-refractivity contribution in [3.63, 3.8) is 0 Å². The molecule has 0 heteroatoms. The molecule has 0 aliphatic heterocycles. The zero-order valence-electron chi connectivity index (χ0n) is 30.0. The molecule has 1 aliphatic rings. The van der Waals surface area contributed by atoms with E-state index in [0.29, 0.717) is 0 Å². The lowest BCUT2D eigenvalue weighted by atomic mass is 9.80. The van der Waals surface area contributed by atoms with Gasteiger partial charge in [0.15, 0.2) is 0 Å². The molecule has 0 amide bonds. The third kappa shape index (κ3) is 5.13. The van der Waals surface area contributed by atoms with Crippen LogP contribution < -0.4 is 0 Å². The van der Waals surface area contributed by atoms with Crippen LogP contribution in [0.2, 0.25) is 0 Å². The maximum absolute atomic E-state index is 2.46. The first-order valence-electron chi connectivity index (χ1n) is 18.6. The van der Waals surface area contributed by atoms with Gasteiger partial charge in [-0.15, -0.1) is 0 Å². The minimum absolute atomic E-state index is 0.0510. The third-order valence-corrected chi connectivity index (χ3v) is 11.5. The van der Waals surface area contributed by atoms with Gasteiger partial charge in [-0.3, -0.25) is 0 Å². The fourth-order valence-electron chi connectivity index (χ4n) is 8.81. The molecule has 0 bridgehead atoms. The van der Waals surface area contributed by atoms with Crippen LogP contribution in [0, 0.1) is 0 Å². The van der Waals surface area contributed by atoms with Gasteiger partial charge in [-0.05, 0) is 105 Å². The minimum Gasteiger partial charge on any atom is -0.0619 e. The lowest BCUT2D eigenvalue weighted by Crippen LogP contribution is -2.14. The summed E-state index contributed by atoms with van der Waals surface area (Å²) in [6.45, 7) is 4.73. The van der Waals surface area contributed by atoms with E-state index in [1.807, 2.05) is 0 Å². The fraction of sp³-hybridized carbons (Fsp3) is 0.0566. The summed E-state index contributed by atoms with van der Waals surface area (Å²) in [5.41, 5.74) is 15.4. The smallest absolute Gasteiger partial charge is 0.0159 e. The normalized spacial score (nSPS) is 13.2. The number of fused-ring (bicyclic) bond motifs is 6. The molecule has 9 aromatic rings. The Hall–Kier alpha value is -6.50. The molecule has 9 aromatic carbocycles. The van der Waals surface area contributed by atoms with Crippen LogP contribution in [0.1, 0.15) is 36.1 Å². The summed E-state index contributed by atoms with van der Waals surface area (Å²) < 4.78 is 0. The van der Waals surface area contributed by atoms with Gasteiger partial charge < -0.3 is 0 Å². The number of benzene rings is 9. The summed E-state index contributed by atoms with van der Waals surface area (Å²) in [5, 5.41) is 7.67. The predicted octanol–water partition coefficient (Wildman–Crippen LogP) is 14.6. The fourth-order valence-corrected chi connectivity index (χ4v) is 8.81. The van der Waals surface area contributed by atoms with Crippen LogP contribution in [-0.4, -0.2) is 0 Å². The molecule has 250 valence electrons. The minimum atomic E-state index is -0.0510. The van der Waals surface area contributed by atoms with Gasteiger partial charge >= 0.3 is 0 Å². The Kier molecular flexibility index (Phi) is 7.27. The predicted molar refractivity (Wildman–Crippen MR) is 228 cm³/mol. The van der Waals surface area contributed by atoms with E-state index in [1.54, 1.807) is 0 Å². The molecule has 0 unspecified atom stereocenters. The Balaban J connectivity index is 1.01. The van der Waals surface area contributed by atoms with E-state index >= 15 is 0 Å². The second kappa shape index (κ2) is 12.3. The Morgan fingerprint density at radius 3 is 1.43 bits per heavy atom. The molecule has 0 saturated carbocycles. The molecule has 53 heavy (non-hydrogen) atoms. The van der Waals surface area contributed by atoms with Crippen molar-refractivity contribution in [1.82, 2.24) is 0 Å². The lowest BCUT2D eigenvalue weighted by Gasteiger charge is -2.23. The number of hydrogen-bond acceptors (Lipinski definition) is 0. The van der Waals surface area contributed by atoms with Crippen LogP contribution in [0.15, 0.2) is 182 Å². The van der Waals surface area contributed by atoms with E-state index in [0.717, 1.165) is 0 Å². The van der Waals surface area contributed by atoms with Gasteiger partial charge in [-0.25, -0.2) is 0 Å². The monoisotopic (exact) mass is 674 g/mol. The molecule has 0 radical (unpaired) electrons. The van der Waals surface area contributed by atoms with Crippen molar-refractivity contribution < 1.29 is 0 Å². The zero-order chi connectivity index (χ0) is 35.5. The highest BCUT2D eigenvalue weighted by Crippen LogP contribution is 2.51. The summed E-state index contributed by atoms with van der Waals surface area (Å²) >= 11 is 0.